The summed E-state index contributed by atoms with van der Waals surface area (Å²) >= 11 is 1.39. The molecule has 7 heteroatoms. The predicted molar refractivity (Wildman–Crippen MR) is 76.9 cm³/mol. The summed E-state index contributed by atoms with van der Waals surface area (Å²) < 4.78 is 12.9. The van der Waals surface area contributed by atoms with Crippen LogP contribution in [0, 0.1) is 6.92 Å². The van der Waals surface area contributed by atoms with E-state index in [0.717, 1.165) is 10.5 Å². The van der Waals surface area contributed by atoms with Gasteiger partial charge in [-0.1, -0.05) is 0 Å². The van der Waals surface area contributed by atoms with Crippen molar-refractivity contribution in [1.29, 1.82) is 0 Å². The minimum absolute atomic E-state index is 0.130. The first kappa shape index (κ1) is 14.5. The van der Waals surface area contributed by atoms with Crippen molar-refractivity contribution in [2.75, 3.05) is 5.32 Å². The Kier molecular flexibility index (Phi) is 3.49. The van der Waals surface area contributed by atoms with Gasteiger partial charge in [-0.25, -0.2) is 4.98 Å². The lowest BCUT2D eigenvalue weighted by atomic mass is 9.86. The van der Waals surface area contributed by atoms with Crippen LogP contribution in [0.25, 0.3) is 0 Å². The number of thiazole rings is 1. The molecule has 104 valence electrons. The molecule has 2 rings (SSSR count). The second-order valence-electron chi connectivity index (χ2n) is 5.74. The number of aryl methyl sites for hydroxylation is 1. The van der Waals surface area contributed by atoms with E-state index in [2.05, 4.69) is 10.3 Å². The summed E-state index contributed by atoms with van der Waals surface area (Å²) in [7, 11) is -0.426. The molecule has 1 aromatic heterocycles. The Morgan fingerprint density at radius 2 is 1.79 bits per heavy atom. The van der Waals surface area contributed by atoms with Gasteiger partial charge < -0.3 is 14.6 Å². The van der Waals surface area contributed by atoms with E-state index in [1.165, 1.54) is 18.3 Å². The molecule has 1 amide bonds. The van der Waals surface area contributed by atoms with Gasteiger partial charge in [0.15, 0.2) is 5.13 Å². The van der Waals surface area contributed by atoms with Crippen LogP contribution in [0.15, 0.2) is 0 Å². The minimum atomic E-state index is -0.426. The third kappa shape index (κ3) is 2.68. The molecule has 0 radical (unpaired) electrons. The van der Waals surface area contributed by atoms with E-state index in [9.17, 15) is 4.79 Å². The zero-order valence-electron chi connectivity index (χ0n) is 12.2. The van der Waals surface area contributed by atoms with Gasteiger partial charge in [0.05, 0.1) is 21.7 Å². The van der Waals surface area contributed by atoms with Gasteiger partial charge in [0.1, 0.15) is 0 Å². The monoisotopic (exact) mass is 282 g/mol. The normalized spacial score (nSPS) is 20.6. The van der Waals surface area contributed by atoms with Crippen LogP contribution in [0.4, 0.5) is 5.13 Å². The quantitative estimate of drug-likeness (QED) is 0.839. The van der Waals surface area contributed by atoms with E-state index >= 15 is 0 Å². The first-order valence-electron chi connectivity index (χ1n) is 6.23. The van der Waals surface area contributed by atoms with Crippen molar-refractivity contribution in [3.63, 3.8) is 0 Å². The van der Waals surface area contributed by atoms with Crippen molar-refractivity contribution in [3.05, 3.63) is 5.69 Å². The van der Waals surface area contributed by atoms with E-state index in [-0.39, 0.29) is 17.1 Å². The van der Waals surface area contributed by atoms with Crippen molar-refractivity contribution in [2.45, 2.75) is 52.7 Å². The summed E-state index contributed by atoms with van der Waals surface area (Å²) in [6, 6.07) is 0. The molecular weight excluding hydrogens is 263 g/mol. The average molecular weight is 282 g/mol. The number of hydrogen-bond acceptors (Lipinski definition) is 5. The van der Waals surface area contributed by atoms with E-state index in [0.29, 0.717) is 5.13 Å². The van der Waals surface area contributed by atoms with Crippen LogP contribution >= 0.6 is 11.3 Å². The van der Waals surface area contributed by atoms with Crippen molar-refractivity contribution < 1.29 is 14.1 Å². The summed E-state index contributed by atoms with van der Waals surface area (Å²) in [4.78, 5) is 15.4. The molecule has 0 bridgehead atoms. The molecule has 5 nitrogen and oxygen atoms in total. The largest absolute Gasteiger partial charge is 0.507 e. The highest BCUT2D eigenvalue weighted by Crippen LogP contribution is 2.37. The molecule has 1 aliphatic rings. The third-order valence-electron chi connectivity index (χ3n) is 3.58. The summed E-state index contributed by atoms with van der Waals surface area (Å²) in [6.45, 7) is 11.4. The van der Waals surface area contributed by atoms with Crippen molar-refractivity contribution >= 4 is 34.3 Å². The second kappa shape index (κ2) is 4.57. The highest BCUT2D eigenvalue weighted by atomic mass is 32.1. The number of carbonyl (C=O) groups excluding carboxylic acids is 1. The molecule has 0 saturated carbocycles. The molecule has 1 N–H and O–H groups in total. The number of nitrogens with one attached hydrogen (secondary N) is 1. The van der Waals surface area contributed by atoms with Crippen LogP contribution in [-0.2, 0) is 14.1 Å². The van der Waals surface area contributed by atoms with Crippen LogP contribution < -0.4 is 10.1 Å². The first-order chi connectivity index (χ1) is 8.62. The minimum Gasteiger partial charge on any atom is -0.399 e. The van der Waals surface area contributed by atoms with Crippen molar-refractivity contribution in [1.82, 2.24) is 4.98 Å². The second-order valence-corrected chi connectivity index (χ2v) is 6.77. The zero-order valence-corrected chi connectivity index (χ0v) is 13.0. The predicted octanol–water partition coefficient (Wildman–Crippen LogP) is 1.71. The van der Waals surface area contributed by atoms with Gasteiger partial charge in [-0.15, -0.1) is 11.3 Å². The molecule has 19 heavy (non-hydrogen) atoms. The SMILES string of the molecule is CC(=O)Nc1nc(C)c(B2OC(C)(C)C(C)(C)O2)s1. The van der Waals surface area contributed by atoms with E-state index in [1.54, 1.807) is 0 Å². The lowest BCUT2D eigenvalue weighted by molar-refractivity contribution is -0.114. The number of nitrogens with zero attached hydrogens (tertiary/aromatic N) is 1. The highest BCUT2D eigenvalue weighted by Gasteiger charge is 2.52. The molecular formula is C12H19BN2O3S. The van der Waals surface area contributed by atoms with Gasteiger partial charge in [-0.3, -0.25) is 4.79 Å². The third-order valence-corrected chi connectivity index (χ3v) is 4.68. The molecule has 0 unspecified atom stereocenters. The fourth-order valence-corrected chi connectivity index (χ4v) is 2.75. The van der Waals surface area contributed by atoms with Crippen LogP contribution in [0.1, 0.15) is 40.3 Å². The molecule has 0 aliphatic carbocycles. The fourth-order valence-electron chi connectivity index (χ4n) is 1.78. The molecule has 1 saturated heterocycles. The lowest BCUT2D eigenvalue weighted by Gasteiger charge is -2.32. The molecule has 1 fully saturated rings. The molecule has 0 aromatic carbocycles. The van der Waals surface area contributed by atoms with Crippen LogP contribution in [0.2, 0.25) is 0 Å². The average Bonchev–Trinajstić information content (AvgIpc) is 2.64. The maximum absolute atomic E-state index is 11.1. The Bertz CT molecular complexity index is 497. The lowest BCUT2D eigenvalue weighted by Crippen LogP contribution is -2.41. The number of hydrogen-bond donors (Lipinski definition) is 1. The van der Waals surface area contributed by atoms with Crippen molar-refractivity contribution in [2.24, 2.45) is 0 Å². The van der Waals surface area contributed by atoms with Gasteiger partial charge >= 0.3 is 7.12 Å². The molecule has 0 atom stereocenters. The Balaban J connectivity index is 2.25. The number of rotatable bonds is 2. The summed E-state index contributed by atoms with van der Waals surface area (Å²) in [6.07, 6.45) is 0. The topological polar surface area (TPSA) is 60.5 Å². The number of amides is 1. The highest BCUT2D eigenvalue weighted by molar-refractivity contribution is 7.25. The number of aromatic nitrogens is 1. The molecule has 0 spiro atoms. The van der Waals surface area contributed by atoms with Crippen LogP contribution in [0.5, 0.6) is 0 Å². The van der Waals surface area contributed by atoms with Crippen LogP contribution in [0.3, 0.4) is 0 Å². The van der Waals surface area contributed by atoms with Gasteiger partial charge in [-0.2, -0.15) is 0 Å². The zero-order chi connectivity index (χ0) is 14.4. The Labute approximate surface area is 117 Å². The molecule has 1 aliphatic heterocycles. The Morgan fingerprint density at radius 3 is 2.26 bits per heavy atom. The van der Waals surface area contributed by atoms with Gasteiger partial charge in [-0.05, 0) is 34.6 Å². The van der Waals surface area contributed by atoms with Gasteiger partial charge in [0, 0.05) is 6.92 Å². The Morgan fingerprint density at radius 1 is 1.26 bits per heavy atom. The van der Waals surface area contributed by atoms with Gasteiger partial charge in [0.2, 0.25) is 5.91 Å². The van der Waals surface area contributed by atoms with E-state index in [1.807, 2.05) is 34.6 Å². The fraction of sp³-hybridized carbons (Fsp3) is 0.667. The maximum atomic E-state index is 11.1. The first-order valence-corrected chi connectivity index (χ1v) is 7.04. The maximum Gasteiger partial charge on any atom is 0.507 e. The summed E-state index contributed by atoms with van der Waals surface area (Å²) in [5.41, 5.74) is 0.0807. The summed E-state index contributed by atoms with van der Waals surface area (Å²) in [5, 5.41) is 3.27. The summed E-state index contributed by atoms with van der Waals surface area (Å²) in [5.74, 6) is -0.130. The van der Waals surface area contributed by atoms with Crippen molar-refractivity contribution in [3.8, 4) is 0 Å². The van der Waals surface area contributed by atoms with E-state index < -0.39 is 7.12 Å². The Hall–Kier alpha value is -0.915. The molecule has 1 aromatic rings. The van der Waals surface area contributed by atoms with Gasteiger partial charge in [0.25, 0.3) is 0 Å². The van der Waals surface area contributed by atoms with E-state index in [4.69, 9.17) is 9.31 Å². The van der Waals surface area contributed by atoms with Crippen LogP contribution in [-0.4, -0.2) is 29.2 Å². The standard InChI is InChI=1S/C12H19BN2O3S/c1-7-9(19-10(14-7)15-8(2)16)13-17-11(3,4)12(5,6)18-13/h1-6H3,(H,14,15,16). The number of anilines is 1. The number of carbonyl (C=O) groups is 1. The molecule has 2 heterocycles. The smallest absolute Gasteiger partial charge is 0.399 e.